The number of nitrogens with zero attached hydrogens (tertiary/aromatic N) is 2. The lowest BCUT2D eigenvalue weighted by molar-refractivity contribution is 0.199. The summed E-state index contributed by atoms with van der Waals surface area (Å²) < 4.78 is 16.1. The van der Waals surface area contributed by atoms with Crippen LogP contribution in [0.25, 0.3) is 0 Å². The van der Waals surface area contributed by atoms with Crippen LogP contribution in [0.1, 0.15) is 11.4 Å². The minimum atomic E-state index is 0.278. The molecule has 0 radical (unpaired) electrons. The van der Waals surface area contributed by atoms with Gasteiger partial charge in [-0.05, 0) is 33.6 Å². The Bertz CT molecular complexity index is 520. The van der Waals surface area contributed by atoms with E-state index in [2.05, 4.69) is 35.9 Å². The summed E-state index contributed by atoms with van der Waals surface area (Å²) in [5.41, 5.74) is 1.17. The van der Waals surface area contributed by atoms with Gasteiger partial charge in [0, 0.05) is 20.2 Å². The smallest absolute Gasteiger partial charge is 0.213 e. The molecule has 1 aromatic heterocycles. The molecule has 6 nitrogen and oxygen atoms in total. The van der Waals surface area contributed by atoms with Crippen LogP contribution in [0, 0.1) is 0 Å². The first-order valence-electron chi connectivity index (χ1n) is 6.15. The molecule has 1 N–H and O–H groups in total. The molecule has 0 aliphatic heterocycles. The molecule has 0 bridgehead atoms. The fourth-order valence-electron chi connectivity index (χ4n) is 1.58. The molecular weight excluding hydrogens is 326 g/mol. The molecule has 0 atom stereocenters. The van der Waals surface area contributed by atoms with Gasteiger partial charge in [0.1, 0.15) is 5.75 Å². The Morgan fingerprint density at radius 3 is 3.00 bits per heavy atom. The number of methoxy groups -OCH3 is 1. The third-order valence-corrected chi connectivity index (χ3v) is 3.19. The van der Waals surface area contributed by atoms with Crippen molar-refractivity contribution in [1.29, 1.82) is 0 Å². The number of benzene rings is 1. The number of hydrogen-bond acceptors (Lipinski definition) is 6. The van der Waals surface area contributed by atoms with Crippen molar-refractivity contribution in [2.24, 2.45) is 0 Å². The molecule has 20 heavy (non-hydrogen) atoms. The molecule has 7 heteroatoms. The second-order valence-corrected chi connectivity index (χ2v) is 4.92. The third kappa shape index (κ3) is 4.59. The van der Waals surface area contributed by atoms with Crippen LogP contribution >= 0.6 is 15.9 Å². The van der Waals surface area contributed by atoms with Gasteiger partial charge in [0.25, 0.3) is 0 Å². The Balaban J connectivity index is 1.85. The van der Waals surface area contributed by atoms with Gasteiger partial charge in [-0.2, -0.15) is 4.98 Å². The van der Waals surface area contributed by atoms with Crippen molar-refractivity contribution in [3.8, 4) is 5.75 Å². The van der Waals surface area contributed by atoms with Gasteiger partial charge in [0.2, 0.25) is 12.2 Å². The van der Waals surface area contributed by atoms with Crippen LogP contribution in [0.4, 0.5) is 0 Å². The zero-order valence-corrected chi connectivity index (χ0v) is 12.7. The van der Waals surface area contributed by atoms with E-state index in [0.717, 1.165) is 23.3 Å². The molecule has 0 saturated carbocycles. The number of hydrogen-bond donors (Lipinski definition) is 1. The highest BCUT2D eigenvalue weighted by molar-refractivity contribution is 9.10. The van der Waals surface area contributed by atoms with Crippen molar-refractivity contribution in [3.63, 3.8) is 0 Å². The monoisotopic (exact) mass is 341 g/mol. The summed E-state index contributed by atoms with van der Waals surface area (Å²) in [4.78, 5) is 3.90. The molecule has 2 aromatic rings. The summed E-state index contributed by atoms with van der Waals surface area (Å²) in [5, 5.41) is 6.97. The Labute approximate surface area is 125 Å². The minimum Gasteiger partial charge on any atom is -0.484 e. The maximum absolute atomic E-state index is 5.61. The maximum Gasteiger partial charge on any atom is 0.213 e. The summed E-state index contributed by atoms with van der Waals surface area (Å²) in [6.45, 7) is 2.59. The first-order valence-corrected chi connectivity index (χ1v) is 6.95. The molecule has 108 valence electrons. The predicted molar refractivity (Wildman–Crippen MR) is 76.4 cm³/mol. The summed E-state index contributed by atoms with van der Waals surface area (Å²) in [6, 6.07) is 5.94. The van der Waals surface area contributed by atoms with Crippen LogP contribution in [0.3, 0.4) is 0 Å². The van der Waals surface area contributed by atoms with Gasteiger partial charge in [-0.15, -0.1) is 0 Å². The Kier molecular flexibility index (Phi) is 5.97. The van der Waals surface area contributed by atoms with Crippen LogP contribution in [-0.2, 0) is 17.9 Å². The predicted octanol–water partition coefficient (Wildman–Crippen LogP) is 2.15. The van der Waals surface area contributed by atoms with E-state index in [-0.39, 0.29) is 6.61 Å². The van der Waals surface area contributed by atoms with Crippen LogP contribution in [-0.4, -0.2) is 30.4 Å². The van der Waals surface area contributed by atoms with Crippen molar-refractivity contribution >= 4 is 15.9 Å². The van der Waals surface area contributed by atoms with Crippen LogP contribution < -0.4 is 10.1 Å². The molecule has 2 rings (SSSR count). The molecule has 0 unspecified atom stereocenters. The normalized spacial score (nSPS) is 10.7. The fraction of sp³-hybridized carbons (Fsp3) is 0.385. The van der Waals surface area contributed by atoms with E-state index in [1.165, 1.54) is 12.0 Å². The SMILES string of the molecule is COCCNCc1ccc(OCc2ncon2)c(Br)c1. The average Bonchev–Trinajstić information content (AvgIpc) is 2.96. The highest BCUT2D eigenvalue weighted by Crippen LogP contribution is 2.26. The molecule has 0 spiro atoms. The first kappa shape index (κ1) is 15.0. The summed E-state index contributed by atoms with van der Waals surface area (Å²) >= 11 is 3.49. The second kappa shape index (κ2) is 7.98. The summed E-state index contributed by atoms with van der Waals surface area (Å²) in [7, 11) is 1.69. The van der Waals surface area contributed by atoms with Gasteiger partial charge >= 0.3 is 0 Å². The Morgan fingerprint density at radius 2 is 2.30 bits per heavy atom. The molecule has 0 fully saturated rings. The van der Waals surface area contributed by atoms with Gasteiger partial charge in [0.05, 0.1) is 11.1 Å². The number of nitrogens with one attached hydrogen (secondary N) is 1. The van der Waals surface area contributed by atoms with E-state index in [4.69, 9.17) is 9.47 Å². The quantitative estimate of drug-likeness (QED) is 0.742. The van der Waals surface area contributed by atoms with E-state index in [1.54, 1.807) is 7.11 Å². The maximum atomic E-state index is 5.61. The Morgan fingerprint density at radius 1 is 1.40 bits per heavy atom. The van der Waals surface area contributed by atoms with Crippen LogP contribution in [0.15, 0.2) is 33.6 Å². The van der Waals surface area contributed by atoms with Crippen molar-refractivity contribution in [3.05, 3.63) is 40.5 Å². The van der Waals surface area contributed by atoms with Crippen LogP contribution in [0.5, 0.6) is 5.75 Å². The zero-order chi connectivity index (χ0) is 14.2. The van der Waals surface area contributed by atoms with Gasteiger partial charge in [-0.25, -0.2) is 0 Å². The molecule has 0 aliphatic rings. The van der Waals surface area contributed by atoms with Crippen molar-refractivity contribution in [1.82, 2.24) is 15.5 Å². The molecule has 0 saturated heterocycles. The summed E-state index contributed by atoms with van der Waals surface area (Å²) in [5.74, 6) is 1.26. The van der Waals surface area contributed by atoms with Crippen molar-refractivity contribution < 1.29 is 14.0 Å². The van der Waals surface area contributed by atoms with Gasteiger partial charge in [-0.1, -0.05) is 11.2 Å². The largest absolute Gasteiger partial charge is 0.484 e. The molecular formula is C13H16BrN3O3. The molecule has 1 aromatic carbocycles. The number of halogens is 1. The lowest BCUT2D eigenvalue weighted by Gasteiger charge is -2.09. The van der Waals surface area contributed by atoms with E-state index in [9.17, 15) is 0 Å². The first-order chi connectivity index (χ1) is 9.79. The standard InChI is InChI=1S/C13H16BrN3O3/c1-18-5-4-15-7-10-2-3-12(11(14)6-10)19-8-13-16-9-20-17-13/h2-3,6,9,15H,4-5,7-8H2,1H3. The zero-order valence-electron chi connectivity index (χ0n) is 11.1. The van der Waals surface area contributed by atoms with Gasteiger partial charge in [0.15, 0.2) is 6.61 Å². The van der Waals surface area contributed by atoms with Gasteiger partial charge < -0.3 is 19.3 Å². The van der Waals surface area contributed by atoms with E-state index >= 15 is 0 Å². The van der Waals surface area contributed by atoms with E-state index in [0.29, 0.717) is 12.4 Å². The molecule has 0 aliphatic carbocycles. The topological polar surface area (TPSA) is 69.4 Å². The molecule has 0 amide bonds. The Hall–Kier alpha value is -1.44. The second-order valence-electron chi connectivity index (χ2n) is 4.07. The van der Waals surface area contributed by atoms with E-state index in [1.807, 2.05) is 18.2 Å². The fourth-order valence-corrected chi connectivity index (χ4v) is 2.12. The third-order valence-electron chi connectivity index (χ3n) is 2.57. The highest BCUT2D eigenvalue weighted by Gasteiger charge is 2.05. The lowest BCUT2D eigenvalue weighted by atomic mass is 10.2. The number of aromatic nitrogens is 2. The van der Waals surface area contributed by atoms with Crippen molar-refractivity contribution in [2.45, 2.75) is 13.2 Å². The highest BCUT2D eigenvalue weighted by atomic mass is 79.9. The van der Waals surface area contributed by atoms with Crippen LogP contribution in [0.2, 0.25) is 0 Å². The number of ether oxygens (including phenoxy) is 2. The average molecular weight is 342 g/mol. The lowest BCUT2D eigenvalue weighted by Crippen LogP contribution is -2.18. The number of rotatable bonds is 8. The van der Waals surface area contributed by atoms with E-state index < -0.39 is 0 Å². The summed E-state index contributed by atoms with van der Waals surface area (Å²) in [6.07, 6.45) is 1.28. The minimum absolute atomic E-state index is 0.278. The van der Waals surface area contributed by atoms with Crippen molar-refractivity contribution in [2.75, 3.05) is 20.3 Å². The molecule has 1 heterocycles. The van der Waals surface area contributed by atoms with Gasteiger partial charge in [-0.3, -0.25) is 0 Å².